The molecular weight excluding hydrogens is 328 g/mol. The van der Waals surface area contributed by atoms with Crippen molar-refractivity contribution in [1.82, 2.24) is 5.32 Å². The molecule has 0 radical (unpaired) electrons. The summed E-state index contributed by atoms with van der Waals surface area (Å²) in [7, 11) is 4.61. The molecule has 0 aliphatic carbocycles. The van der Waals surface area contributed by atoms with Crippen LogP contribution in [0.25, 0.3) is 6.08 Å². The van der Waals surface area contributed by atoms with Crippen LogP contribution in [0.3, 0.4) is 0 Å². The molecule has 0 aromatic heterocycles. The van der Waals surface area contributed by atoms with E-state index in [0.717, 1.165) is 0 Å². The number of nitrogens with zero attached hydrogens (tertiary/aromatic N) is 1. The average molecular weight is 350 g/mol. The van der Waals surface area contributed by atoms with Gasteiger partial charge in [-0.15, -0.1) is 0 Å². The van der Waals surface area contributed by atoms with Crippen LogP contribution in [0.2, 0.25) is 0 Å². The molecule has 9 nitrogen and oxygen atoms in total. The van der Waals surface area contributed by atoms with Gasteiger partial charge < -0.3 is 30.4 Å². The van der Waals surface area contributed by atoms with Crippen molar-refractivity contribution >= 4 is 17.9 Å². The molecule has 136 valence electrons. The number of hydrogen-bond donors (Lipinski definition) is 3. The van der Waals surface area contributed by atoms with Gasteiger partial charge >= 0.3 is 0 Å². The number of rotatable bonds is 7. The Morgan fingerprint density at radius 1 is 1.20 bits per heavy atom. The number of benzene rings is 1. The van der Waals surface area contributed by atoms with Crippen LogP contribution < -0.4 is 31.0 Å². The zero-order valence-electron chi connectivity index (χ0n) is 14.4. The highest BCUT2D eigenvalue weighted by Crippen LogP contribution is 2.39. The minimum Gasteiger partial charge on any atom is -0.493 e. The molecular formula is C16H22N4O5. The first kappa shape index (κ1) is 18.6. The van der Waals surface area contributed by atoms with E-state index in [1.54, 1.807) is 25.3 Å². The van der Waals surface area contributed by atoms with Gasteiger partial charge in [0.2, 0.25) is 5.75 Å². The van der Waals surface area contributed by atoms with Crippen molar-refractivity contribution in [2.45, 2.75) is 6.17 Å². The molecule has 1 aromatic rings. The van der Waals surface area contributed by atoms with E-state index in [1.807, 2.05) is 0 Å². The lowest BCUT2D eigenvalue weighted by Crippen LogP contribution is -2.47. The number of hydrogen-bond acceptors (Lipinski definition) is 8. The van der Waals surface area contributed by atoms with Gasteiger partial charge in [-0.1, -0.05) is 0 Å². The molecule has 1 atom stereocenters. The van der Waals surface area contributed by atoms with Gasteiger partial charge in [0.1, 0.15) is 12.8 Å². The molecule has 1 aliphatic heterocycles. The summed E-state index contributed by atoms with van der Waals surface area (Å²) in [5.74, 6) is 0.944. The van der Waals surface area contributed by atoms with Crippen molar-refractivity contribution in [3.05, 3.63) is 23.3 Å². The van der Waals surface area contributed by atoms with Crippen LogP contribution in [-0.4, -0.2) is 52.6 Å². The lowest BCUT2D eigenvalue weighted by Gasteiger charge is -2.19. The number of guanidine groups is 1. The molecule has 0 fully saturated rings. The topological polar surface area (TPSA) is 130 Å². The number of amides is 1. The number of ether oxygens (including phenoxy) is 4. The summed E-state index contributed by atoms with van der Waals surface area (Å²) in [6.07, 6.45) is 0.753. The maximum Gasteiger partial charge on any atom is 0.257 e. The number of carbonyl (C=O) groups is 1. The van der Waals surface area contributed by atoms with E-state index in [0.29, 0.717) is 36.0 Å². The van der Waals surface area contributed by atoms with Crippen molar-refractivity contribution in [3.63, 3.8) is 0 Å². The minimum atomic E-state index is -0.844. The second kappa shape index (κ2) is 8.36. The van der Waals surface area contributed by atoms with Gasteiger partial charge in [-0.3, -0.25) is 10.1 Å². The molecule has 5 N–H and O–H groups in total. The summed E-state index contributed by atoms with van der Waals surface area (Å²) in [6.45, 7) is 0.761. The first-order valence-corrected chi connectivity index (χ1v) is 7.49. The monoisotopic (exact) mass is 350 g/mol. The van der Waals surface area contributed by atoms with Crippen molar-refractivity contribution in [1.29, 1.82) is 0 Å². The Hall–Kier alpha value is -2.78. The summed E-state index contributed by atoms with van der Waals surface area (Å²) < 4.78 is 21.4. The summed E-state index contributed by atoms with van der Waals surface area (Å²) in [6, 6.07) is 3.42. The van der Waals surface area contributed by atoms with Crippen molar-refractivity contribution < 1.29 is 23.7 Å². The van der Waals surface area contributed by atoms with E-state index in [9.17, 15) is 4.79 Å². The van der Waals surface area contributed by atoms with Crippen LogP contribution in [0.4, 0.5) is 0 Å². The quantitative estimate of drug-likeness (QED) is 0.460. The number of nitrogens with one attached hydrogen (secondary N) is 1. The van der Waals surface area contributed by atoms with E-state index in [-0.39, 0.29) is 11.5 Å². The lowest BCUT2D eigenvalue weighted by molar-refractivity contribution is -0.116. The fourth-order valence-electron chi connectivity index (χ4n) is 2.26. The Bertz CT molecular complexity index is 677. The standard InChI is InChI=1S/C16H22N4O5/c1-22-4-5-25-13-11(23-2)7-9(8-12(13)24-3)6-10-14(17)19-16(18)20-15(10)21/h6-8,14H,4-5,17H2,1-3H3,(H3,18,19,20,21). The van der Waals surface area contributed by atoms with Gasteiger partial charge in [0.05, 0.1) is 26.4 Å². The van der Waals surface area contributed by atoms with Crippen molar-refractivity contribution in [2.75, 3.05) is 34.5 Å². The second-order valence-electron chi connectivity index (χ2n) is 5.11. The van der Waals surface area contributed by atoms with E-state index in [2.05, 4.69) is 10.3 Å². The van der Waals surface area contributed by atoms with E-state index < -0.39 is 12.1 Å². The fourth-order valence-corrected chi connectivity index (χ4v) is 2.26. The molecule has 0 saturated heterocycles. The van der Waals surface area contributed by atoms with Crippen LogP contribution in [0.5, 0.6) is 17.2 Å². The molecule has 25 heavy (non-hydrogen) atoms. The zero-order chi connectivity index (χ0) is 18.4. The van der Waals surface area contributed by atoms with Crippen LogP contribution in [0.15, 0.2) is 22.7 Å². The Balaban J connectivity index is 2.39. The van der Waals surface area contributed by atoms with Gasteiger partial charge in [-0.05, 0) is 23.8 Å². The van der Waals surface area contributed by atoms with Gasteiger partial charge in [0.25, 0.3) is 5.91 Å². The van der Waals surface area contributed by atoms with Crippen LogP contribution in [0, 0.1) is 0 Å². The number of carbonyl (C=O) groups excluding carboxylic acids is 1. The molecule has 9 heteroatoms. The summed E-state index contributed by atoms with van der Waals surface area (Å²) in [4.78, 5) is 16.0. The van der Waals surface area contributed by atoms with Crippen molar-refractivity contribution in [2.24, 2.45) is 16.5 Å². The Morgan fingerprint density at radius 2 is 1.84 bits per heavy atom. The molecule has 2 rings (SSSR count). The van der Waals surface area contributed by atoms with E-state index >= 15 is 0 Å². The van der Waals surface area contributed by atoms with Gasteiger partial charge in [-0.2, -0.15) is 0 Å². The first-order valence-electron chi connectivity index (χ1n) is 7.49. The number of aliphatic imine (C=N–C) groups is 1. The summed E-state index contributed by atoms with van der Waals surface area (Å²) in [5.41, 5.74) is 12.3. The largest absolute Gasteiger partial charge is 0.493 e. The van der Waals surface area contributed by atoms with Gasteiger partial charge in [-0.25, -0.2) is 4.99 Å². The van der Waals surface area contributed by atoms with Crippen LogP contribution in [-0.2, 0) is 9.53 Å². The maximum absolute atomic E-state index is 12.0. The van der Waals surface area contributed by atoms with Gasteiger partial charge in [0.15, 0.2) is 17.5 Å². The summed E-state index contributed by atoms with van der Waals surface area (Å²) in [5, 5.41) is 2.42. The number of nitrogens with two attached hydrogens (primary N) is 2. The highest BCUT2D eigenvalue weighted by Gasteiger charge is 2.23. The third-order valence-corrected chi connectivity index (χ3v) is 3.44. The molecule has 1 heterocycles. The van der Waals surface area contributed by atoms with Gasteiger partial charge in [0, 0.05) is 7.11 Å². The normalized spacial score (nSPS) is 18.6. The third kappa shape index (κ3) is 4.40. The second-order valence-corrected chi connectivity index (χ2v) is 5.11. The molecule has 0 saturated carbocycles. The minimum absolute atomic E-state index is 0.00768. The SMILES string of the molecule is COCCOc1c(OC)cc(C=C2C(=O)NC(N)=NC2N)cc1OC. The molecule has 1 aliphatic rings. The highest BCUT2D eigenvalue weighted by atomic mass is 16.6. The molecule has 0 bridgehead atoms. The molecule has 1 unspecified atom stereocenters. The fraction of sp³-hybridized carbons (Fsp3) is 0.375. The third-order valence-electron chi connectivity index (χ3n) is 3.44. The molecule has 1 amide bonds. The van der Waals surface area contributed by atoms with E-state index in [1.165, 1.54) is 14.2 Å². The Morgan fingerprint density at radius 3 is 2.36 bits per heavy atom. The Kier molecular flexibility index (Phi) is 6.20. The predicted octanol–water partition coefficient (Wildman–Crippen LogP) is -0.158. The van der Waals surface area contributed by atoms with Crippen LogP contribution in [0.1, 0.15) is 5.56 Å². The van der Waals surface area contributed by atoms with Crippen molar-refractivity contribution in [3.8, 4) is 17.2 Å². The van der Waals surface area contributed by atoms with E-state index in [4.69, 9.17) is 30.4 Å². The smallest absolute Gasteiger partial charge is 0.257 e. The lowest BCUT2D eigenvalue weighted by atomic mass is 10.1. The Labute approximate surface area is 145 Å². The highest BCUT2D eigenvalue weighted by molar-refractivity contribution is 6.10. The maximum atomic E-state index is 12.0. The van der Waals surface area contributed by atoms with Crippen LogP contribution >= 0.6 is 0 Å². The molecule has 0 spiro atoms. The number of methoxy groups -OCH3 is 3. The average Bonchev–Trinajstić information content (AvgIpc) is 2.58. The predicted molar refractivity (Wildman–Crippen MR) is 92.6 cm³/mol. The zero-order valence-corrected chi connectivity index (χ0v) is 14.4. The summed E-state index contributed by atoms with van der Waals surface area (Å²) >= 11 is 0. The first-order chi connectivity index (χ1) is 12.0. The molecule has 1 aromatic carbocycles.